The third kappa shape index (κ3) is 7.17. The van der Waals surface area contributed by atoms with Gasteiger partial charge in [0.25, 0.3) is 0 Å². The Kier molecular flexibility index (Phi) is 9.21. The molecule has 10 heavy (non-hydrogen) atoms. The van der Waals surface area contributed by atoms with Crippen LogP contribution in [0.3, 0.4) is 0 Å². The van der Waals surface area contributed by atoms with Crippen molar-refractivity contribution in [2.45, 2.75) is 39.5 Å². The molecule has 0 rings (SSSR count). The van der Waals surface area contributed by atoms with E-state index in [1.165, 1.54) is 0 Å². The molecule has 0 aliphatic carbocycles. The molecular formula is C6H15NaO2P+. The summed E-state index contributed by atoms with van der Waals surface area (Å²) >= 11 is 0. The van der Waals surface area contributed by atoms with Gasteiger partial charge in [-0.3, -0.25) is 0 Å². The van der Waals surface area contributed by atoms with Crippen molar-refractivity contribution in [3.63, 3.8) is 0 Å². The zero-order valence-corrected chi connectivity index (χ0v) is 10.3. The van der Waals surface area contributed by atoms with Gasteiger partial charge in [-0.15, -0.1) is 4.52 Å². The maximum Gasteiger partial charge on any atom is 1.00 e. The molecule has 0 amide bonds. The Morgan fingerprint density at radius 3 is 1.80 bits per heavy atom. The van der Waals surface area contributed by atoms with Crippen LogP contribution in [-0.4, -0.2) is 11.8 Å². The quantitative estimate of drug-likeness (QED) is 0.432. The minimum atomic E-state index is -1.43. The first-order chi connectivity index (χ1) is 4.04. The van der Waals surface area contributed by atoms with Gasteiger partial charge in [0.05, 0.1) is 0 Å². The second-order valence-electron chi connectivity index (χ2n) is 2.53. The van der Waals surface area contributed by atoms with Crippen molar-refractivity contribution in [2.24, 2.45) is 0 Å². The number of rotatable bonds is 3. The Balaban J connectivity index is -0.000000320. The first-order valence-corrected chi connectivity index (χ1v) is 4.42. The van der Waals surface area contributed by atoms with Crippen molar-refractivity contribution >= 4 is 8.03 Å². The minimum absolute atomic E-state index is 0. The van der Waals surface area contributed by atoms with Gasteiger partial charge in [-0.25, -0.2) is 0 Å². The van der Waals surface area contributed by atoms with Crippen molar-refractivity contribution in [2.75, 3.05) is 0 Å². The summed E-state index contributed by atoms with van der Waals surface area (Å²) < 4.78 is 15.9. The molecule has 1 atom stereocenters. The third-order valence-corrected chi connectivity index (χ3v) is 2.21. The Labute approximate surface area is 87.4 Å². The van der Waals surface area contributed by atoms with Gasteiger partial charge in [0.15, 0.2) is 5.66 Å². The van der Waals surface area contributed by atoms with E-state index in [4.69, 9.17) is 4.52 Å². The first kappa shape index (κ1) is 13.6. The molecule has 0 aliphatic heterocycles. The monoisotopic (exact) mass is 173 g/mol. The van der Waals surface area contributed by atoms with Gasteiger partial charge >= 0.3 is 37.6 Å². The fraction of sp³-hybridized carbons (Fsp3) is 1.00. The van der Waals surface area contributed by atoms with Crippen LogP contribution in [0.4, 0.5) is 0 Å². The number of hydrogen-bond donors (Lipinski definition) is 0. The molecule has 0 aliphatic rings. The third-order valence-electron chi connectivity index (χ3n) is 0.736. The van der Waals surface area contributed by atoms with E-state index < -0.39 is 8.03 Å². The van der Waals surface area contributed by atoms with Gasteiger partial charge in [-0.05, 0) is 32.3 Å². The summed E-state index contributed by atoms with van der Waals surface area (Å²) in [7, 11) is -1.43. The molecule has 4 heteroatoms. The summed E-state index contributed by atoms with van der Waals surface area (Å²) in [5.74, 6) is 0. The summed E-state index contributed by atoms with van der Waals surface area (Å²) in [6, 6.07) is 0. The van der Waals surface area contributed by atoms with E-state index in [-0.39, 0.29) is 42.7 Å². The molecule has 0 saturated carbocycles. The molecule has 0 aromatic rings. The molecule has 0 saturated heterocycles. The van der Waals surface area contributed by atoms with Crippen molar-refractivity contribution in [3.8, 4) is 0 Å². The van der Waals surface area contributed by atoms with E-state index in [2.05, 4.69) is 0 Å². The molecular weight excluding hydrogens is 158 g/mol. The van der Waals surface area contributed by atoms with Gasteiger partial charge in [0.1, 0.15) is 6.10 Å². The fourth-order valence-electron chi connectivity index (χ4n) is 0.329. The van der Waals surface area contributed by atoms with E-state index >= 15 is 0 Å². The van der Waals surface area contributed by atoms with Crippen molar-refractivity contribution in [1.29, 1.82) is 0 Å². The molecule has 0 bridgehead atoms. The molecule has 2 nitrogen and oxygen atoms in total. The molecule has 0 aromatic carbocycles. The second-order valence-corrected chi connectivity index (χ2v) is 4.35. The number of hydrogen-bond acceptors (Lipinski definition) is 2. The van der Waals surface area contributed by atoms with Crippen molar-refractivity contribution in [1.82, 2.24) is 0 Å². The van der Waals surface area contributed by atoms with Crippen LogP contribution < -0.4 is 29.6 Å². The Bertz CT molecular complexity index is 109. The molecule has 0 heterocycles. The van der Waals surface area contributed by atoms with E-state index in [1.807, 2.05) is 27.7 Å². The second kappa shape index (κ2) is 6.75. The van der Waals surface area contributed by atoms with E-state index in [0.29, 0.717) is 0 Å². The summed E-state index contributed by atoms with van der Waals surface area (Å²) in [4.78, 5) is 0. The molecule has 1 unspecified atom stereocenters. The van der Waals surface area contributed by atoms with Crippen molar-refractivity contribution in [3.05, 3.63) is 0 Å². The van der Waals surface area contributed by atoms with Crippen LogP contribution in [0.5, 0.6) is 0 Å². The van der Waals surface area contributed by atoms with Crippen LogP contribution in [0.1, 0.15) is 29.1 Å². The standard InChI is InChI=1S/C6H14O2P.Na.H/c1-5(2)8-9(7)6(3)4;;/h5-6H,1-4H3;;/q2*+1;-1. The van der Waals surface area contributed by atoms with E-state index in [9.17, 15) is 4.57 Å². The Hall–Kier alpha value is 1.06. The zero-order valence-electron chi connectivity index (χ0n) is 8.42. The van der Waals surface area contributed by atoms with Gasteiger partial charge in [0.2, 0.25) is 0 Å². The predicted octanol–water partition coefficient (Wildman–Crippen LogP) is -0.321. The normalized spacial score (nSPS) is 11.6. The smallest absolute Gasteiger partial charge is 1.00 e. The van der Waals surface area contributed by atoms with Gasteiger partial charge in [-0.2, -0.15) is 0 Å². The Morgan fingerprint density at radius 1 is 1.30 bits per heavy atom. The Morgan fingerprint density at radius 2 is 1.70 bits per heavy atom. The molecule has 0 spiro atoms. The molecule has 0 aromatic heterocycles. The minimum Gasteiger partial charge on any atom is -1.00 e. The van der Waals surface area contributed by atoms with Crippen LogP contribution in [0, 0.1) is 0 Å². The summed E-state index contributed by atoms with van der Waals surface area (Å²) in [5.41, 5.74) is 0.141. The first-order valence-electron chi connectivity index (χ1n) is 3.17. The topological polar surface area (TPSA) is 26.3 Å². The van der Waals surface area contributed by atoms with Crippen LogP contribution in [0.25, 0.3) is 0 Å². The fourth-order valence-corrected chi connectivity index (χ4v) is 0.988. The van der Waals surface area contributed by atoms with Crippen molar-refractivity contribution < 1.29 is 40.1 Å². The summed E-state index contributed by atoms with van der Waals surface area (Å²) in [6.45, 7) is 7.55. The molecule has 0 radical (unpaired) electrons. The van der Waals surface area contributed by atoms with Gasteiger partial charge in [0, 0.05) is 0 Å². The average molecular weight is 173 g/mol. The van der Waals surface area contributed by atoms with Crippen LogP contribution in [0.2, 0.25) is 0 Å². The van der Waals surface area contributed by atoms with Gasteiger partial charge in [-0.1, -0.05) is 0 Å². The molecule has 0 N–H and O–H groups in total. The summed E-state index contributed by atoms with van der Waals surface area (Å²) in [5, 5.41) is 0. The SMILES string of the molecule is CC(C)O[P+](=O)C(C)C.[H-].[Na+]. The summed E-state index contributed by atoms with van der Waals surface area (Å²) in [6.07, 6.45) is 0.0796. The molecule has 0 fully saturated rings. The average Bonchev–Trinajstić information content (AvgIpc) is 1.63. The maximum absolute atomic E-state index is 10.9. The van der Waals surface area contributed by atoms with Crippen LogP contribution in [-0.2, 0) is 9.09 Å². The van der Waals surface area contributed by atoms with E-state index in [0.717, 1.165) is 0 Å². The predicted molar refractivity (Wildman–Crippen MR) is 40.1 cm³/mol. The largest absolute Gasteiger partial charge is 1.00 e. The zero-order chi connectivity index (χ0) is 7.44. The van der Waals surface area contributed by atoms with Crippen LogP contribution in [0.15, 0.2) is 0 Å². The molecule has 56 valence electrons. The van der Waals surface area contributed by atoms with Gasteiger partial charge < -0.3 is 1.43 Å². The van der Waals surface area contributed by atoms with E-state index in [1.54, 1.807) is 0 Å². The maximum atomic E-state index is 10.9. The van der Waals surface area contributed by atoms with Crippen LogP contribution >= 0.6 is 8.03 Å².